The highest BCUT2D eigenvalue weighted by Crippen LogP contribution is 2.24. The van der Waals surface area contributed by atoms with Gasteiger partial charge < -0.3 is 20.2 Å². The van der Waals surface area contributed by atoms with Crippen molar-refractivity contribution in [1.82, 2.24) is 4.98 Å². The Kier molecular flexibility index (Phi) is 5.26. The summed E-state index contributed by atoms with van der Waals surface area (Å²) in [4.78, 5) is 25.8. The Morgan fingerprint density at radius 1 is 1.32 bits per heavy atom. The number of nitro groups is 1. The third-order valence-corrected chi connectivity index (χ3v) is 3.36. The highest BCUT2D eigenvalue weighted by molar-refractivity contribution is 14.1. The fourth-order valence-corrected chi connectivity index (χ4v) is 2.01. The van der Waals surface area contributed by atoms with E-state index in [0.717, 1.165) is 3.57 Å². The first-order chi connectivity index (χ1) is 10.5. The molecule has 0 aliphatic rings. The van der Waals surface area contributed by atoms with Crippen LogP contribution in [0.15, 0.2) is 36.4 Å². The number of pyridine rings is 1. The molecule has 1 amide bonds. The number of nitrogens with zero attached hydrogens (tertiary/aromatic N) is 2. The first kappa shape index (κ1) is 16.1. The molecule has 0 unspecified atom stereocenters. The molecule has 1 heterocycles. The lowest BCUT2D eigenvalue weighted by Crippen LogP contribution is -2.20. The lowest BCUT2D eigenvalue weighted by Gasteiger charge is -2.07. The van der Waals surface area contributed by atoms with E-state index in [0.29, 0.717) is 11.4 Å². The van der Waals surface area contributed by atoms with Crippen molar-refractivity contribution in [3.63, 3.8) is 0 Å². The van der Waals surface area contributed by atoms with Crippen molar-refractivity contribution in [1.29, 1.82) is 0 Å². The van der Waals surface area contributed by atoms with Crippen molar-refractivity contribution in [2.24, 2.45) is 0 Å². The number of anilines is 1. The zero-order chi connectivity index (χ0) is 16.1. The Labute approximate surface area is 140 Å². The van der Waals surface area contributed by atoms with Gasteiger partial charge in [0.15, 0.2) is 6.61 Å². The molecule has 1 aromatic carbocycles. The Morgan fingerprint density at radius 2 is 2.00 bits per heavy atom. The second-order valence-corrected chi connectivity index (χ2v) is 5.62. The van der Waals surface area contributed by atoms with Crippen LogP contribution in [0.4, 0.5) is 11.5 Å². The molecule has 0 spiro atoms. The standard InChI is InChI=1S/C14H12IN3O4/c1-9-2-7-12(14(16-9)18(20)21)22-8-13(19)17-11-5-3-10(15)4-6-11/h2-7H,8H2,1H3,(H,17,19). The van der Waals surface area contributed by atoms with Crippen molar-refractivity contribution >= 4 is 40.0 Å². The Morgan fingerprint density at radius 3 is 2.64 bits per heavy atom. The molecule has 2 aromatic rings. The Hall–Kier alpha value is -2.23. The molecule has 0 radical (unpaired) electrons. The lowest BCUT2D eigenvalue weighted by molar-refractivity contribution is -0.390. The number of nitrogens with one attached hydrogen (secondary N) is 1. The Bertz CT molecular complexity index is 704. The van der Waals surface area contributed by atoms with Crippen molar-refractivity contribution in [3.05, 3.63) is 55.8 Å². The van der Waals surface area contributed by atoms with E-state index in [1.54, 1.807) is 25.1 Å². The van der Waals surface area contributed by atoms with E-state index in [4.69, 9.17) is 4.74 Å². The fraction of sp³-hybridized carbons (Fsp3) is 0.143. The van der Waals surface area contributed by atoms with Crippen LogP contribution in [-0.4, -0.2) is 22.4 Å². The first-order valence-electron chi connectivity index (χ1n) is 6.26. The van der Waals surface area contributed by atoms with Crippen LogP contribution in [0.3, 0.4) is 0 Å². The molecule has 0 atom stereocenters. The van der Waals surface area contributed by atoms with Crippen LogP contribution in [0.1, 0.15) is 5.69 Å². The van der Waals surface area contributed by atoms with Crippen molar-refractivity contribution < 1.29 is 14.5 Å². The van der Waals surface area contributed by atoms with Gasteiger partial charge in [0.2, 0.25) is 5.75 Å². The molecule has 2 rings (SSSR count). The second kappa shape index (κ2) is 7.16. The molecule has 1 aromatic heterocycles. The molecule has 0 aliphatic carbocycles. The average molecular weight is 413 g/mol. The maximum atomic E-state index is 11.8. The normalized spacial score (nSPS) is 10.1. The molecular weight excluding hydrogens is 401 g/mol. The van der Waals surface area contributed by atoms with E-state index >= 15 is 0 Å². The third kappa shape index (κ3) is 4.38. The third-order valence-electron chi connectivity index (χ3n) is 2.64. The van der Waals surface area contributed by atoms with Gasteiger partial charge >= 0.3 is 5.82 Å². The van der Waals surface area contributed by atoms with E-state index in [9.17, 15) is 14.9 Å². The summed E-state index contributed by atoms with van der Waals surface area (Å²) in [6, 6.07) is 10.2. The van der Waals surface area contributed by atoms with Gasteiger partial charge in [-0.2, -0.15) is 0 Å². The average Bonchev–Trinajstić information content (AvgIpc) is 2.48. The number of hydrogen-bond acceptors (Lipinski definition) is 5. The molecule has 0 fully saturated rings. The number of carbonyl (C=O) groups excluding carboxylic acids is 1. The van der Waals surface area contributed by atoms with Crippen LogP contribution < -0.4 is 10.1 Å². The largest absolute Gasteiger partial charge is 0.476 e. The number of aromatic nitrogens is 1. The van der Waals surface area contributed by atoms with Gasteiger partial charge in [0.05, 0.1) is 0 Å². The highest BCUT2D eigenvalue weighted by Gasteiger charge is 2.18. The number of carbonyl (C=O) groups is 1. The number of aryl methyl sites for hydroxylation is 1. The SMILES string of the molecule is Cc1ccc(OCC(=O)Nc2ccc(I)cc2)c([N+](=O)[O-])n1. The van der Waals surface area contributed by atoms with Gasteiger partial charge in [-0.25, -0.2) is 0 Å². The lowest BCUT2D eigenvalue weighted by atomic mass is 10.3. The van der Waals surface area contributed by atoms with Gasteiger partial charge in [0.1, 0.15) is 5.69 Å². The predicted octanol–water partition coefficient (Wildman–Crippen LogP) is 2.92. The van der Waals surface area contributed by atoms with Crippen molar-refractivity contribution in [2.75, 3.05) is 11.9 Å². The number of hydrogen-bond donors (Lipinski definition) is 1. The van der Waals surface area contributed by atoms with Crippen LogP contribution in [0.2, 0.25) is 0 Å². The minimum atomic E-state index is -0.640. The van der Waals surface area contributed by atoms with Crippen LogP contribution in [0.25, 0.3) is 0 Å². The minimum Gasteiger partial charge on any atom is -0.476 e. The zero-order valence-corrected chi connectivity index (χ0v) is 13.7. The molecule has 0 saturated heterocycles. The van der Waals surface area contributed by atoms with Gasteiger partial charge in [-0.05, 0) is 68.9 Å². The summed E-state index contributed by atoms with van der Waals surface area (Å²) in [5.74, 6) is -0.841. The molecule has 0 bridgehead atoms. The zero-order valence-electron chi connectivity index (χ0n) is 11.6. The first-order valence-corrected chi connectivity index (χ1v) is 7.34. The summed E-state index contributed by atoms with van der Waals surface area (Å²) in [7, 11) is 0. The van der Waals surface area contributed by atoms with E-state index in [2.05, 4.69) is 32.9 Å². The predicted molar refractivity (Wildman–Crippen MR) is 88.9 cm³/mol. The van der Waals surface area contributed by atoms with Crippen LogP contribution >= 0.6 is 22.6 Å². The van der Waals surface area contributed by atoms with Crippen molar-refractivity contribution in [2.45, 2.75) is 6.92 Å². The summed E-state index contributed by atoms with van der Waals surface area (Å²) in [5, 5.41) is 13.5. The van der Waals surface area contributed by atoms with Gasteiger partial charge in [-0.1, -0.05) is 0 Å². The molecule has 0 aliphatic heterocycles. The molecule has 22 heavy (non-hydrogen) atoms. The second-order valence-electron chi connectivity index (χ2n) is 4.38. The van der Waals surface area contributed by atoms with Crippen LogP contribution in [-0.2, 0) is 4.79 Å². The van der Waals surface area contributed by atoms with E-state index in [1.165, 1.54) is 6.07 Å². The number of ether oxygens (including phenoxy) is 1. The van der Waals surface area contributed by atoms with E-state index in [1.807, 2.05) is 12.1 Å². The number of amides is 1. The van der Waals surface area contributed by atoms with Gasteiger partial charge in [0, 0.05) is 16.2 Å². The smallest absolute Gasteiger partial charge is 0.406 e. The van der Waals surface area contributed by atoms with E-state index < -0.39 is 16.6 Å². The molecule has 1 N–H and O–H groups in total. The minimum absolute atomic E-state index is 0.0339. The van der Waals surface area contributed by atoms with Gasteiger partial charge in [-0.15, -0.1) is 0 Å². The summed E-state index contributed by atoms with van der Waals surface area (Å²) in [6.07, 6.45) is 0. The Balaban J connectivity index is 1.99. The van der Waals surface area contributed by atoms with Gasteiger partial charge in [0.25, 0.3) is 5.91 Å². The van der Waals surface area contributed by atoms with Crippen LogP contribution in [0.5, 0.6) is 5.75 Å². The summed E-state index contributed by atoms with van der Waals surface area (Å²) in [6.45, 7) is 1.30. The summed E-state index contributed by atoms with van der Waals surface area (Å²) >= 11 is 2.16. The molecule has 8 heteroatoms. The topological polar surface area (TPSA) is 94.4 Å². The maximum absolute atomic E-state index is 11.8. The molecular formula is C14H12IN3O4. The van der Waals surface area contributed by atoms with Crippen LogP contribution in [0, 0.1) is 20.6 Å². The molecule has 114 valence electrons. The highest BCUT2D eigenvalue weighted by atomic mass is 127. The maximum Gasteiger partial charge on any atom is 0.406 e. The molecule has 7 nitrogen and oxygen atoms in total. The number of halogens is 1. The molecule has 0 saturated carbocycles. The number of rotatable bonds is 5. The fourth-order valence-electron chi connectivity index (χ4n) is 1.65. The monoisotopic (exact) mass is 413 g/mol. The van der Waals surface area contributed by atoms with Gasteiger partial charge in [-0.3, -0.25) is 4.79 Å². The summed E-state index contributed by atoms with van der Waals surface area (Å²) in [5.41, 5.74) is 1.13. The summed E-state index contributed by atoms with van der Waals surface area (Å²) < 4.78 is 6.24. The van der Waals surface area contributed by atoms with Crippen molar-refractivity contribution in [3.8, 4) is 5.75 Å². The number of benzene rings is 1. The quantitative estimate of drug-likeness (QED) is 0.462. The van der Waals surface area contributed by atoms with E-state index in [-0.39, 0.29) is 12.4 Å².